The number of nitrogens with zero attached hydrogens (tertiary/aromatic N) is 1. The summed E-state index contributed by atoms with van der Waals surface area (Å²) in [5, 5.41) is 14.6. The van der Waals surface area contributed by atoms with Crippen LogP contribution in [0.15, 0.2) is 0 Å². The third kappa shape index (κ3) is 3.82. The van der Waals surface area contributed by atoms with Crippen molar-refractivity contribution in [3.8, 4) is 6.07 Å². The monoisotopic (exact) mass is 223 g/mol. The molecule has 0 aliphatic carbocycles. The van der Waals surface area contributed by atoms with Crippen LogP contribution in [0.2, 0.25) is 0 Å². The Morgan fingerprint density at radius 1 is 1.50 bits per heavy atom. The highest BCUT2D eigenvalue weighted by Gasteiger charge is 2.30. The van der Waals surface area contributed by atoms with Crippen molar-refractivity contribution >= 4 is 5.91 Å². The Labute approximate surface area is 97.4 Å². The first kappa shape index (κ1) is 13.0. The lowest BCUT2D eigenvalue weighted by atomic mass is 9.74. The number of amides is 1. The summed E-state index contributed by atoms with van der Waals surface area (Å²) in [4.78, 5) is 11.2. The van der Waals surface area contributed by atoms with Gasteiger partial charge in [0.1, 0.15) is 6.42 Å². The Morgan fingerprint density at radius 2 is 2.12 bits per heavy atom. The number of hydrogen-bond acceptors (Lipinski definition) is 3. The fourth-order valence-corrected chi connectivity index (χ4v) is 2.21. The predicted octanol–water partition coefficient (Wildman–Crippen LogP) is 1.04. The largest absolute Gasteiger partial charge is 0.355 e. The molecule has 0 aromatic carbocycles. The van der Waals surface area contributed by atoms with Crippen LogP contribution in [-0.4, -0.2) is 25.5 Å². The average molecular weight is 223 g/mol. The van der Waals surface area contributed by atoms with Gasteiger partial charge in [0.05, 0.1) is 6.07 Å². The molecule has 0 atom stereocenters. The Hall–Kier alpha value is -1.08. The summed E-state index contributed by atoms with van der Waals surface area (Å²) >= 11 is 0. The number of carbonyl (C=O) groups is 1. The molecule has 1 saturated heterocycles. The molecule has 0 aromatic rings. The number of rotatable bonds is 4. The van der Waals surface area contributed by atoms with Crippen molar-refractivity contribution in [2.45, 2.75) is 33.1 Å². The second kappa shape index (κ2) is 5.86. The Bertz CT molecular complexity index is 274. The standard InChI is InChI=1S/C12H21N3O/c1-12(2,9-15-11(16)3-6-13)10-4-7-14-8-5-10/h10,14H,3-5,7-9H2,1-2H3,(H,15,16). The number of piperidine rings is 1. The van der Waals surface area contributed by atoms with Gasteiger partial charge in [-0.2, -0.15) is 5.26 Å². The minimum absolute atomic E-state index is 0.0394. The van der Waals surface area contributed by atoms with Gasteiger partial charge >= 0.3 is 0 Å². The molecule has 0 bridgehead atoms. The zero-order valence-corrected chi connectivity index (χ0v) is 10.2. The molecule has 1 rings (SSSR count). The van der Waals surface area contributed by atoms with Gasteiger partial charge in [-0.25, -0.2) is 0 Å². The lowest BCUT2D eigenvalue weighted by Gasteiger charge is -2.37. The maximum Gasteiger partial charge on any atom is 0.234 e. The minimum atomic E-state index is -0.162. The fraction of sp³-hybridized carbons (Fsp3) is 0.833. The van der Waals surface area contributed by atoms with Crippen LogP contribution in [0.4, 0.5) is 0 Å². The highest BCUT2D eigenvalue weighted by Crippen LogP contribution is 2.32. The quantitative estimate of drug-likeness (QED) is 0.748. The van der Waals surface area contributed by atoms with Crippen molar-refractivity contribution in [2.75, 3.05) is 19.6 Å². The van der Waals surface area contributed by atoms with Crippen LogP contribution in [-0.2, 0) is 4.79 Å². The van der Waals surface area contributed by atoms with E-state index in [0.29, 0.717) is 12.5 Å². The third-order valence-corrected chi connectivity index (χ3v) is 3.43. The molecule has 16 heavy (non-hydrogen) atoms. The molecule has 0 spiro atoms. The fourth-order valence-electron chi connectivity index (χ4n) is 2.21. The summed E-state index contributed by atoms with van der Waals surface area (Å²) in [6.45, 7) is 7.18. The highest BCUT2D eigenvalue weighted by atomic mass is 16.1. The maximum absolute atomic E-state index is 11.2. The van der Waals surface area contributed by atoms with Crippen LogP contribution >= 0.6 is 0 Å². The topological polar surface area (TPSA) is 64.9 Å². The van der Waals surface area contributed by atoms with Gasteiger partial charge in [0, 0.05) is 6.54 Å². The minimum Gasteiger partial charge on any atom is -0.355 e. The number of nitriles is 1. The highest BCUT2D eigenvalue weighted by molar-refractivity contribution is 5.77. The summed E-state index contributed by atoms with van der Waals surface area (Å²) < 4.78 is 0. The van der Waals surface area contributed by atoms with Gasteiger partial charge in [-0.05, 0) is 37.3 Å². The van der Waals surface area contributed by atoms with E-state index < -0.39 is 0 Å². The number of carbonyl (C=O) groups excluding carboxylic acids is 1. The zero-order valence-electron chi connectivity index (χ0n) is 10.2. The van der Waals surface area contributed by atoms with E-state index in [1.165, 1.54) is 12.8 Å². The Kier molecular flexibility index (Phi) is 4.75. The molecule has 1 aliphatic heterocycles. The second-order valence-electron chi connectivity index (χ2n) is 5.12. The molecule has 0 saturated carbocycles. The van der Waals surface area contributed by atoms with Crippen molar-refractivity contribution in [3.63, 3.8) is 0 Å². The molecule has 1 aliphatic rings. The molecule has 0 unspecified atom stereocenters. The number of nitrogens with one attached hydrogen (secondary N) is 2. The van der Waals surface area contributed by atoms with Gasteiger partial charge < -0.3 is 10.6 Å². The molecule has 1 fully saturated rings. The first-order valence-corrected chi connectivity index (χ1v) is 5.90. The van der Waals surface area contributed by atoms with Crippen molar-refractivity contribution in [2.24, 2.45) is 11.3 Å². The van der Waals surface area contributed by atoms with Crippen molar-refractivity contribution in [1.82, 2.24) is 10.6 Å². The molecule has 4 nitrogen and oxygen atoms in total. The molecule has 0 radical (unpaired) electrons. The molecule has 2 N–H and O–H groups in total. The molecule has 4 heteroatoms. The average Bonchev–Trinajstić information content (AvgIpc) is 2.28. The normalized spacial score (nSPS) is 17.8. The van der Waals surface area contributed by atoms with Gasteiger partial charge in [-0.1, -0.05) is 13.8 Å². The van der Waals surface area contributed by atoms with E-state index in [1.807, 2.05) is 6.07 Å². The van der Waals surface area contributed by atoms with Crippen LogP contribution in [0, 0.1) is 22.7 Å². The molecule has 90 valence electrons. The summed E-state index contributed by atoms with van der Waals surface area (Å²) in [6, 6.07) is 1.86. The molecular formula is C12H21N3O. The lowest BCUT2D eigenvalue weighted by Crippen LogP contribution is -2.42. The van der Waals surface area contributed by atoms with Gasteiger partial charge in [0.25, 0.3) is 0 Å². The summed E-state index contributed by atoms with van der Waals surface area (Å²) in [7, 11) is 0. The maximum atomic E-state index is 11.2. The van der Waals surface area contributed by atoms with Gasteiger partial charge in [0.15, 0.2) is 0 Å². The van der Waals surface area contributed by atoms with Crippen LogP contribution in [0.25, 0.3) is 0 Å². The van der Waals surface area contributed by atoms with Crippen molar-refractivity contribution in [3.05, 3.63) is 0 Å². The first-order valence-electron chi connectivity index (χ1n) is 5.90. The Morgan fingerprint density at radius 3 is 2.69 bits per heavy atom. The molecular weight excluding hydrogens is 202 g/mol. The van der Waals surface area contributed by atoms with E-state index in [4.69, 9.17) is 5.26 Å². The van der Waals surface area contributed by atoms with Crippen molar-refractivity contribution < 1.29 is 4.79 Å². The lowest BCUT2D eigenvalue weighted by molar-refractivity contribution is -0.120. The van der Waals surface area contributed by atoms with E-state index in [1.54, 1.807) is 0 Å². The van der Waals surface area contributed by atoms with Crippen LogP contribution in [0.5, 0.6) is 0 Å². The second-order valence-corrected chi connectivity index (χ2v) is 5.12. The number of hydrogen-bond donors (Lipinski definition) is 2. The summed E-state index contributed by atoms with van der Waals surface area (Å²) in [5.41, 5.74) is 0.118. The van der Waals surface area contributed by atoms with Gasteiger partial charge in [-0.15, -0.1) is 0 Å². The summed E-state index contributed by atoms with van der Waals surface area (Å²) in [5.74, 6) is 0.487. The van der Waals surface area contributed by atoms with E-state index in [2.05, 4.69) is 24.5 Å². The van der Waals surface area contributed by atoms with Crippen LogP contribution < -0.4 is 10.6 Å². The van der Waals surface area contributed by atoms with E-state index in [0.717, 1.165) is 13.1 Å². The third-order valence-electron chi connectivity index (χ3n) is 3.43. The predicted molar refractivity (Wildman–Crippen MR) is 62.6 cm³/mol. The smallest absolute Gasteiger partial charge is 0.234 e. The SMILES string of the molecule is CC(C)(CNC(=O)CC#N)C1CCNCC1. The van der Waals surface area contributed by atoms with E-state index in [-0.39, 0.29) is 17.7 Å². The molecule has 1 heterocycles. The Balaban J connectivity index is 2.38. The van der Waals surface area contributed by atoms with Gasteiger partial charge in [-0.3, -0.25) is 4.79 Å². The van der Waals surface area contributed by atoms with Crippen LogP contribution in [0.3, 0.4) is 0 Å². The van der Waals surface area contributed by atoms with Crippen LogP contribution in [0.1, 0.15) is 33.1 Å². The van der Waals surface area contributed by atoms with Gasteiger partial charge in [0.2, 0.25) is 5.91 Å². The van der Waals surface area contributed by atoms with E-state index >= 15 is 0 Å². The molecule has 0 aromatic heterocycles. The van der Waals surface area contributed by atoms with E-state index in [9.17, 15) is 4.79 Å². The molecule has 1 amide bonds. The summed E-state index contributed by atoms with van der Waals surface area (Å²) in [6.07, 6.45) is 2.30. The zero-order chi connectivity index (χ0) is 12.0. The first-order chi connectivity index (χ1) is 7.56. The van der Waals surface area contributed by atoms with Crippen molar-refractivity contribution in [1.29, 1.82) is 5.26 Å².